The van der Waals surface area contributed by atoms with Crippen molar-refractivity contribution >= 4 is 6.16 Å². The summed E-state index contributed by atoms with van der Waals surface area (Å²) in [7, 11) is 0. The van der Waals surface area contributed by atoms with E-state index in [9.17, 15) is 0 Å². The molecule has 2 radical (unpaired) electrons. The average Bonchev–Trinajstić information content (AvgIpc) is 0.811. The summed E-state index contributed by atoms with van der Waals surface area (Å²) in [5.41, 5.74) is 0. The van der Waals surface area contributed by atoms with Crippen molar-refractivity contribution in [2.24, 2.45) is 0 Å². The van der Waals surface area contributed by atoms with E-state index in [0.29, 0.717) is 0 Å². The van der Waals surface area contributed by atoms with Gasteiger partial charge in [-0.05, 0) is 0 Å². The monoisotopic (exact) mass is 188 g/mol. The Morgan fingerprint density at radius 3 is 1.17 bits per heavy atom. The van der Waals surface area contributed by atoms with Gasteiger partial charge in [-0.3, -0.25) is 0 Å². The van der Waals surface area contributed by atoms with Gasteiger partial charge in [0.05, 0.1) is 0 Å². The summed E-state index contributed by atoms with van der Waals surface area (Å²) < 4.78 is 0. The van der Waals surface area contributed by atoms with Crippen LogP contribution in [0, 0.1) is 0 Å². The molecule has 0 heterocycles. The Kier molecular flexibility index (Phi) is 24.4. The van der Waals surface area contributed by atoms with Gasteiger partial charge in [0.1, 0.15) is 0 Å². The summed E-state index contributed by atoms with van der Waals surface area (Å²) in [6.45, 7) is 0. The molecule has 3 nitrogen and oxygen atoms in total. The number of rotatable bonds is 0. The van der Waals surface area contributed by atoms with E-state index in [1.54, 1.807) is 0 Å². The van der Waals surface area contributed by atoms with Crippen molar-refractivity contribution in [2.45, 2.75) is 0 Å². The summed E-state index contributed by atoms with van der Waals surface area (Å²) in [5, 5.41) is 13.9. The molecule has 0 spiro atoms. The first-order valence-electron chi connectivity index (χ1n) is 0.651. The van der Waals surface area contributed by atoms with Crippen molar-refractivity contribution in [2.75, 3.05) is 0 Å². The summed E-state index contributed by atoms with van der Waals surface area (Å²) in [6.07, 6.45) is -1.83. The third-order valence-corrected chi connectivity index (χ3v) is 0. The van der Waals surface area contributed by atoms with Crippen LogP contribution in [0.5, 0.6) is 0 Å². The smallest absolute Gasteiger partial charge is 0.450 e. The SMILES string of the molecule is O=C(O)O.[Cu].[Cu]. The van der Waals surface area contributed by atoms with E-state index >= 15 is 0 Å². The summed E-state index contributed by atoms with van der Waals surface area (Å²) in [6, 6.07) is 0. The van der Waals surface area contributed by atoms with Crippen LogP contribution < -0.4 is 0 Å². The number of hydrogen-bond donors (Lipinski definition) is 2. The van der Waals surface area contributed by atoms with Crippen molar-refractivity contribution in [3.05, 3.63) is 0 Å². The second-order valence-corrected chi connectivity index (χ2v) is 0.283. The fraction of sp³-hybridized carbons (Fsp3) is 0. The molecule has 0 rings (SSSR count). The molecule has 0 amide bonds. The van der Waals surface area contributed by atoms with E-state index in [1.165, 1.54) is 0 Å². The first kappa shape index (κ1) is 16.2. The Labute approximate surface area is 55.7 Å². The van der Waals surface area contributed by atoms with Crippen molar-refractivity contribution in [3.63, 3.8) is 0 Å². The van der Waals surface area contributed by atoms with Gasteiger partial charge in [0.15, 0.2) is 0 Å². The fourth-order valence-electron chi connectivity index (χ4n) is 0. The largest absolute Gasteiger partial charge is 0.503 e. The topological polar surface area (TPSA) is 57.5 Å². The van der Waals surface area contributed by atoms with E-state index in [1.807, 2.05) is 0 Å². The minimum absolute atomic E-state index is 0. The van der Waals surface area contributed by atoms with Crippen LogP contribution >= 0.6 is 0 Å². The second-order valence-electron chi connectivity index (χ2n) is 0.283. The molecule has 0 fully saturated rings. The zero-order valence-electron chi connectivity index (χ0n) is 2.41. The fourth-order valence-corrected chi connectivity index (χ4v) is 0. The molecule has 5 heteroatoms. The maximum atomic E-state index is 8.56. The molecule has 0 unspecified atom stereocenters. The van der Waals surface area contributed by atoms with Crippen LogP contribution in [0.2, 0.25) is 0 Å². The molecule has 6 heavy (non-hydrogen) atoms. The van der Waals surface area contributed by atoms with Crippen LogP contribution in [0.3, 0.4) is 0 Å². The van der Waals surface area contributed by atoms with Crippen molar-refractivity contribution in [1.82, 2.24) is 0 Å². The molecule has 0 aromatic rings. The first-order valence-corrected chi connectivity index (χ1v) is 0.651. The van der Waals surface area contributed by atoms with Gasteiger partial charge in [-0.25, -0.2) is 4.79 Å². The molecule has 2 N–H and O–H groups in total. The van der Waals surface area contributed by atoms with Gasteiger partial charge in [0, 0.05) is 34.1 Å². The Balaban J connectivity index is -0.0000000450. The van der Waals surface area contributed by atoms with Gasteiger partial charge < -0.3 is 10.2 Å². The van der Waals surface area contributed by atoms with Gasteiger partial charge in [-0.15, -0.1) is 0 Å². The van der Waals surface area contributed by atoms with E-state index < -0.39 is 6.16 Å². The van der Waals surface area contributed by atoms with Gasteiger partial charge in [-0.2, -0.15) is 0 Å². The van der Waals surface area contributed by atoms with E-state index in [2.05, 4.69) is 0 Å². The Morgan fingerprint density at radius 1 is 1.17 bits per heavy atom. The normalized spacial score (nSPS) is 4.00. The third kappa shape index (κ3) is 494. The van der Waals surface area contributed by atoms with Crippen LogP contribution in [0.15, 0.2) is 0 Å². The van der Waals surface area contributed by atoms with Crippen LogP contribution in [0.25, 0.3) is 0 Å². The summed E-state index contributed by atoms with van der Waals surface area (Å²) in [5.74, 6) is 0. The molecule has 46 valence electrons. The molecular weight excluding hydrogens is 187 g/mol. The number of carboxylic acid groups (broad SMARTS) is 2. The van der Waals surface area contributed by atoms with Gasteiger partial charge in [0.25, 0.3) is 0 Å². The first-order chi connectivity index (χ1) is 1.73. The molecule has 0 aliphatic rings. The molecule has 0 aromatic heterocycles. The quantitative estimate of drug-likeness (QED) is 0.536. The second kappa shape index (κ2) is 9.00. The standard InChI is InChI=1S/CH2O3.2Cu/c2-1(3)4;;/h(H2,2,3,4);;. The molecule has 0 aliphatic carbocycles. The predicted octanol–water partition coefficient (Wildman–Crippen LogP) is 0.217. The van der Waals surface area contributed by atoms with Gasteiger partial charge in [0.2, 0.25) is 0 Å². The zero-order valence-corrected chi connectivity index (χ0v) is 4.29. The minimum atomic E-state index is -1.83. The molecule has 0 saturated carbocycles. The number of carbonyl (C=O) groups is 1. The molecule has 0 aromatic carbocycles. The van der Waals surface area contributed by atoms with E-state index in [4.69, 9.17) is 15.0 Å². The molecule has 0 aliphatic heterocycles. The van der Waals surface area contributed by atoms with Crippen LogP contribution in [0.4, 0.5) is 4.79 Å². The Morgan fingerprint density at radius 2 is 1.17 bits per heavy atom. The summed E-state index contributed by atoms with van der Waals surface area (Å²) in [4.78, 5) is 8.56. The molecule has 0 saturated heterocycles. The average molecular weight is 189 g/mol. The van der Waals surface area contributed by atoms with E-state index in [-0.39, 0.29) is 34.1 Å². The van der Waals surface area contributed by atoms with Crippen LogP contribution in [-0.4, -0.2) is 16.4 Å². The summed E-state index contributed by atoms with van der Waals surface area (Å²) >= 11 is 0. The van der Waals surface area contributed by atoms with Crippen molar-refractivity contribution in [3.8, 4) is 0 Å². The molecular formula is CH2Cu2O3. The van der Waals surface area contributed by atoms with Crippen molar-refractivity contribution in [1.29, 1.82) is 0 Å². The van der Waals surface area contributed by atoms with Gasteiger partial charge >= 0.3 is 6.16 Å². The third-order valence-electron chi connectivity index (χ3n) is 0. The number of hydrogen-bond acceptors (Lipinski definition) is 1. The van der Waals surface area contributed by atoms with E-state index in [0.717, 1.165) is 0 Å². The maximum Gasteiger partial charge on any atom is 0.503 e. The maximum absolute atomic E-state index is 8.56. The molecule has 0 atom stereocenters. The molecule has 0 bridgehead atoms. The Hall–Kier alpha value is 0.309. The Bertz CT molecular complexity index is 31.8. The minimum Gasteiger partial charge on any atom is -0.450 e. The van der Waals surface area contributed by atoms with Crippen LogP contribution in [-0.2, 0) is 34.1 Å². The zero-order chi connectivity index (χ0) is 3.58. The van der Waals surface area contributed by atoms with Gasteiger partial charge in [-0.1, -0.05) is 0 Å². The van der Waals surface area contributed by atoms with Crippen molar-refractivity contribution < 1.29 is 49.1 Å². The van der Waals surface area contributed by atoms with Crippen LogP contribution in [0.1, 0.15) is 0 Å². The predicted molar refractivity (Wildman–Crippen MR) is 10.7 cm³/mol.